The Labute approximate surface area is 214 Å². The molecule has 0 unspecified atom stereocenters. The van der Waals surface area contributed by atoms with Gasteiger partial charge in [-0.1, -0.05) is 61.9 Å². The number of benzene rings is 4. The van der Waals surface area contributed by atoms with Gasteiger partial charge in [-0.25, -0.2) is 0 Å². The van der Waals surface area contributed by atoms with Gasteiger partial charge in [0.2, 0.25) is 19.6 Å². The molecule has 0 N–H and O–H groups in total. The number of unbranched alkanes of at least 4 members (excludes halogenated alkanes) is 1. The monoisotopic (exact) mass is 498 g/mol. The molecule has 0 radical (unpaired) electrons. The molecule has 0 amide bonds. The predicted octanol–water partition coefficient (Wildman–Crippen LogP) is 8.62. The topological polar surface area (TPSA) is 18.5 Å². The zero-order valence-corrected chi connectivity index (χ0v) is 21.8. The number of para-hydroxylation sites is 4. The molecule has 2 atom stereocenters. The van der Waals surface area contributed by atoms with Crippen molar-refractivity contribution < 1.29 is 9.47 Å². The van der Waals surface area contributed by atoms with Crippen molar-refractivity contribution in [1.82, 2.24) is 0 Å². The first-order chi connectivity index (χ1) is 17.3. The Hall–Kier alpha value is -2.82. The van der Waals surface area contributed by atoms with Crippen molar-refractivity contribution in [1.29, 1.82) is 0 Å². The lowest BCUT2D eigenvalue weighted by Gasteiger charge is -2.30. The molecule has 2 nitrogen and oxygen atoms in total. The van der Waals surface area contributed by atoms with Crippen molar-refractivity contribution in [3.05, 3.63) is 97.1 Å². The van der Waals surface area contributed by atoms with Gasteiger partial charge in [0, 0.05) is 6.42 Å². The summed E-state index contributed by atoms with van der Waals surface area (Å²) in [6.45, 7) is 4.79. The molecule has 35 heavy (non-hydrogen) atoms. The van der Waals surface area contributed by atoms with E-state index in [9.17, 15) is 0 Å². The fraction of sp³-hybridized carbons (Fsp3) is 0.226. The third kappa shape index (κ3) is 4.03. The highest BCUT2D eigenvalue weighted by Gasteiger charge is 2.53. The van der Waals surface area contributed by atoms with Crippen LogP contribution in [0, 0.1) is 0 Å². The lowest BCUT2D eigenvalue weighted by molar-refractivity contribution is 0.450. The van der Waals surface area contributed by atoms with Gasteiger partial charge in [0.1, 0.15) is 0 Å². The highest BCUT2D eigenvalue weighted by atomic mass is 32.2. The zero-order valence-electron chi connectivity index (χ0n) is 20.1. The van der Waals surface area contributed by atoms with Gasteiger partial charge >= 0.3 is 0 Å². The Balaban J connectivity index is 1.51. The lowest BCUT2D eigenvalue weighted by atomic mass is 10.1. The van der Waals surface area contributed by atoms with Crippen LogP contribution >= 0.6 is 0 Å². The van der Waals surface area contributed by atoms with Crippen LogP contribution in [0.25, 0.3) is 0 Å². The van der Waals surface area contributed by atoms with Crippen molar-refractivity contribution >= 4 is 21.8 Å². The summed E-state index contributed by atoms with van der Waals surface area (Å²) in [4.78, 5) is 5.35. The first-order valence-corrected chi connectivity index (χ1v) is 15.0. The summed E-state index contributed by atoms with van der Waals surface area (Å²) in [6, 6.07) is 34.6. The maximum Gasteiger partial charge on any atom is 0.203 e. The van der Waals surface area contributed by atoms with Gasteiger partial charge in [-0.2, -0.15) is 0 Å². The average Bonchev–Trinajstić information content (AvgIpc) is 2.91. The molecule has 4 aromatic rings. The van der Waals surface area contributed by atoms with Crippen LogP contribution in [-0.2, 0) is 21.8 Å². The molecule has 4 aromatic carbocycles. The number of hydrogen-bond donors (Lipinski definition) is 0. The van der Waals surface area contributed by atoms with Crippen LogP contribution in [0.1, 0.15) is 33.1 Å². The predicted molar refractivity (Wildman–Crippen MR) is 146 cm³/mol. The molecule has 6 rings (SSSR count). The first-order valence-electron chi connectivity index (χ1n) is 12.4. The Morgan fingerprint density at radius 2 is 0.943 bits per heavy atom. The zero-order chi connectivity index (χ0) is 23.8. The van der Waals surface area contributed by atoms with Crippen molar-refractivity contribution in [3.8, 4) is 23.0 Å². The first kappa shape index (κ1) is 22.6. The molecule has 4 heteroatoms. The number of fused-ring (bicyclic) bond motifs is 4. The van der Waals surface area contributed by atoms with Gasteiger partial charge in [0.15, 0.2) is 33.5 Å². The Morgan fingerprint density at radius 3 is 1.34 bits per heavy atom. The van der Waals surface area contributed by atoms with Crippen LogP contribution in [0.2, 0.25) is 0 Å². The second kappa shape index (κ2) is 9.67. The van der Waals surface area contributed by atoms with Crippen molar-refractivity contribution in [2.24, 2.45) is 0 Å². The van der Waals surface area contributed by atoms with Crippen LogP contribution in [0.3, 0.4) is 0 Å². The van der Waals surface area contributed by atoms with Gasteiger partial charge in [-0.05, 0) is 61.9 Å². The van der Waals surface area contributed by atoms with E-state index in [1.807, 2.05) is 0 Å². The molecule has 0 saturated carbocycles. The van der Waals surface area contributed by atoms with E-state index in [0.717, 1.165) is 23.0 Å². The minimum atomic E-state index is -0.0870. The summed E-state index contributed by atoms with van der Waals surface area (Å²) in [5.41, 5.74) is 0. The van der Waals surface area contributed by atoms with E-state index in [-0.39, 0.29) is 21.8 Å². The summed E-state index contributed by atoms with van der Waals surface area (Å²) < 4.78 is 12.8. The summed E-state index contributed by atoms with van der Waals surface area (Å²) in [6.07, 6.45) is 3.61. The SMILES string of the molecule is CCCC[C@H]([C@H](C)[S+]1c2ccccc2Oc2ccccc21)[S+]1c2ccccc2Oc2ccccc21. The van der Waals surface area contributed by atoms with Crippen LogP contribution in [-0.4, -0.2) is 10.5 Å². The maximum absolute atomic E-state index is 6.39. The average molecular weight is 499 g/mol. The quantitative estimate of drug-likeness (QED) is 0.248. The molecule has 0 fully saturated rings. The van der Waals surface area contributed by atoms with Crippen LogP contribution in [0.5, 0.6) is 23.0 Å². The van der Waals surface area contributed by atoms with E-state index < -0.39 is 0 Å². The standard InChI is InChI=1S/C31H30O2S2/c1-3-4-17-27(35-30-20-11-7-15-25(30)33-26-16-8-12-21-31(26)35)22(2)34-28-18-9-5-13-23(28)32-24-14-6-10-19-29(24)34/h5-16,18-22,27H,3-4,17H2,1-2H3/q+2/t22-,27+/m0/s1. The van der Waals surface area contributed by atoms with Gasteiger partial charge in [0.25, 0.3) is 0 Å². The van der Waals surface area contributed by atoms with Crippen molar-refractivity contribution in [2.45, 2.75) is 63.2 Å². The van der Waals surface area contributed by atoms with E-state index in [0.29, 0.717) is 10.5 Å². The van der Waals surface area contributed by atoms with E-state index in [1.54, 1.807) is 0 Å². The third-order valence-electron chi connectivity index (χ3n) is 6.82. The summed E-state index contributed by atoms with van der Waals surface area (Å²) in [7, 11) is -0.165. The molecular formula is C31H30O2S2+2. The largest absolute Gasteiger partial charge is 0.447 e. The van der Waals surface area contributed by atoms with E-state index in [4.69, 9.17) is 9.47 Å². The highest BCUT2D eigenvalue weighted by molar-refractivity contribution is 8.01. The normalized spacial score (nSPS) is 16.1. The van der Waals surface area contributed by atoms with Gasteiger partial charge < -0.3 is 9.47 Å². The van der Waals surface area contributed by atoms with Gasteiger partial charge in [-0.15, -0.1) is 0 Å². The Bertz CT molecular complexity index is 1260. The van der Waals surface area contributed by atoms with Crippen LogP contribution < -0.4 is 9.47 Å². The Kier molecular flexibility index (Phi) is 6.26. The fourth-order valence-electron chi connectivity index (χ4n) is 5.17. The summed E-state index contributed by atoms with van der Waals surface area (Å²) >= 11 is 0. The van der Waals surface area contributed by atoms with Gasteiger partial charge in [0.05, 0.1) is 21.8 Å². The minimum absolute atomic E-state index is 0.0780. The summed E-state index contributed by atoms with van der Waals surface area (Å²) in [5.74, 6) is 4.04. The third-order valence-corrected chi connectivity index (χ3v) is 12.6. The molecule has 2 aliphatic rings. The van der Waals surface area contributed by atoms with Gasteiger partial charge in [-0.3, -0.25) is 0 Å². The minimum Gasteiger partial charge on any atom is -0.447 e. The molecular weight excluding hydrogens is 468 g/mol. The van der Waals surface area contributed by atoms with E-state index in [2.05, 4.69) is 111 Å². The second-order valence-electron chi connectivity index (χ2n) is 9.05. The second-order valence-corrected chi connectivity index (χ2v) is 13.5. The maximum atomic E-state index is 6.39. The molecule has 2 heterocycles. The van der Waals surface area contributed by atoms with Crippen LogP contribution in [0.15, 0.2) is 117 Å². The molecule has 0 aliphatic carbocycles. The van der Waals surface area contributed by atoms with Crippen molar-refractivity contribution in [2.75, 3.05) is 0 Å². The molecule has 0 spiro atoms. The van der Waals surface area contributed by atoms with Crippen molar-refractivity contribution in [3.63, 3.8) is 0 Å². The van der Waals surface area contributed by atoms with Crippen LogP contribution in [0.4, 0.5) is 0 Å². The highest BCUT2D eigenvalue weighted by Crippen LogP contribution is 2.51. The fourth-order valence-corrected chi connectivity index (χ4v) is 11.2. The number of ether oxygens (including phenoxy) is 2. The Morgan fingerprint density at radius 1 is 0.571 bits per heavy atom. The number of hydrogen-bond acceptors (Lipinski definition) is 2. The molecule has 176 valence electrons. The number of rotatable bonds is 6. The van der Waals surface area contributed by atoms with E-state index >= 15 is 0 Å². The molecule has 0 bridgehead atoms. The molecule has 0 saturated heterocycles. The van der Waals surface area contributed by atoms with E-state index in [1.165, 1.54) is 38.8 Å². The lowest BCUT2D eigenvalue weighted by Crippen LogP contribution is -2.40. The molecule has 2 aliphatic heterocycles. The summed E-state index contributed by atoms with van der Waals surface area (Å²) in [5, 5.41) is 0.930. The molecule has 0 aromatic heterocycles. The smallest absolute Gasteiger partial charge is 0.203 e.